The number of anilines is 2. The van der Waals surface area contributed by atoms with Crippen molar-refractivity contribution in [1.82, 2.24) is 30.4 Å². The minimum atomic E-state index is -0.707. The Balaban J connectivity index is 2.00. The van der Waals surface area contributed by atoms with Crippen LogP contribution in [-0.4, -0.2) is 43.6 Å². The lowest BCUT2D eigenvalue weighted by Gasteiger charge is -2.05. The Morgan fingerprint density at radius 2 is 2.29 bits per heavy atom. The fourth-order valence-corrected chi connectivity index (χ4v) is 1.70. The van der Waals surface area contributed by atoms with Crippen molar-refractivity contribution in [2.24, 2.45) is 0 Å². The number of carbonyl (C=O) groups excluding carboxylic acids is 1. The number of H-pyrrole nitrogens is 1. The van der Waals surface area contributed by atoms with Gasteiger partial charge in [-0.3, -0.25) is 10.4 Å². The van der Waals surface area contributed by atoms with Gasteiger partial charge >= 0.3 is 6.09 Å². The molecule has 3 rings (SSSR count). The topological polar surface area (TPSA) is 145 Å². The molecule has 106 valence electrons. The zero-order chi connectivity index (χ0) is 14.8. The van der Waals surface area contributed by atoms with Gasteiger partial charge in [-0.1, -0.05) is 0 Å². The molecule has 0 saturated heterocycles. The molecule has 0 radical (unpaired) electrons. The van der Waals surface area contributed by atoms with E-state index < -0.39 is 6.09 Å². The van der Waals surface area contributed by atoms with Gasteiger partial charge in [0.1, 0.15) is 5.69 Å². The van der Waals surface area contributed by atoms with Gasteiger partial charge in [0.05, 0.1) is 12.5 Å². The van der Waals surface area contributed by atoms with Gasteiger partial charge in [-0.2, -0.15) is 5.10 Å². The Kier molecular flexibility index (Phi) is 3.03. The average Bonchev–Trinajstić information content (AvgIpc) is 2.93. The summed E-state index contributed by atoms with van der Waals surface area (Å²) in [6.45, 7) is 0. The molecule has 10 heteroatoms. The maximum atomic E-state index is 11.1. The zero-order valence-electron chi connectivity index (χ0n) is 10.9. The molecule has 0 saturated carbocycles. The molecule has 3 heterocycles. The second-order valence-electron chi connectivity index (χ2n) is 3.96. The summed E-state index contributed by atoms with van der Waals surface area (Å²) in [5.74, 6) is 0.281. The molecule has 0 bridgehead atoms. The molecule has 0 aliphatic carbocycles. The molecule has 4 N–H and O–H groups in total. The number of aromatic nitrogens is 6. The number of nitrogens with zero attached hydrogens (tertiary/aromatic N) is 5. The van der Waals surface area contributed by atoms with Crippen LogP contribution in [0.25, 0.3) is 22.6 Å². The smallest absolute Gasteiger partial charge is 0.412 e. The second-order valence-corrected chi connectivity index (χ2v) is 3.96. The highest BCUT2D eigenvalue weighted by Crippen LogP contribution is 2.23. The molecule has 3 aromatic heterocycles. The quantitative estimate of drug-likeness (QED) is 0.620. The number of ether oxygens (including phenoxy) is 1. The second kappa shape index (κ2) is 5.00. The van der Waals surface area contributed by atoms with Crippen LogP contribution in [0.5, 0.6) is 0 Å². The highest BCUT2D eigenvalue weighted by molar-refractivity contribution is 5.89. The summed E-state index contributed by atoms with van der Waals surface area (Å²) in [7, 11) is 1.23. The van der Waals surface area contributed by atoms with Crippen LogP contribution >= 0.6 is 0 Å². The van der Waals surface area contributed by atoms with Crippen LogP contribution in [0.15, 0.2) is 18.3 Å². The SMILES string of the molecule is COC(=O)Nc1nnc(-c2[nH]nc3ncccc23)nc1N. The van der Waals surface area contributed by atoms with E-state index in [1.54, 1.807) is 12.3 Å². The fraction of sp³-hybridized carbons (Fsp3) is 0.0909. The highest BCUT2D eigenvalue weighted by atomic mass is 16.5. The largest absolute Gasteiger partial charge is 0.453 e. The van der Waals surface area contributed by atoms with Crippen LogP contribution in [0.4, 0.5) is 16.4 Å². The van der Waals surface area contributed by atoms with E-state index in [1.165, 1.54) is 7.11 Å². The van der Waals surface area contributed by atoms with Crippen molar-refractivity contribution in [2.45, 2.75) is 0 Å². The number of nitrogens with two attached hydrogens (primary N) is 1. The van der Waals surface area contributed by atoms with E-state index in [9.17, 15) is 4.79 Å². The van der Waals surface area contributed by atoms with Crippen LogP contribution in [0, 0.1) is 0 Å². The van der Waals surface area contributed by atoms with Crippen LogP contribution in [-0.2, 0) is 4.74 Å². The first-order valence-electron chi connectivity index (χ1n) is 5.83. The van der Waals surface area contributed by atoms with Gasteiger partial charge in [0, 0.05) is 6.20 Å². The molecule has 0 aliphatic rings. The first-order valence-corrected chi connectivity index (χ1v) is 5.83. The third-order valence-corrected chi connectivity index (χ3v) is 2.67. The van der Waals surface area contributed by atoms with Crippen LogP contribution in [0.2, 0.25) is 0 Å². The van der Waals surface area contributed by atoms with E-state index in [-0.39, 0.29) is 17.5 Å². The zero-order valence-corrected chi connectivity index (χ0v) is 10.9. The normalized spacial score (nSPS) is 10.5. The van der Waals surface area contributed by atoms with Crippen molar-refractivity contribution in [3.8, 4) is 11.5 Å². The third kappa shape index (κ3) is 2.29. The number of rotatable bonds is 2. The molecule has 10 nitrogen and oxygen atoms in total. The number of pyridine rings is 1. The van der Waals surface area contributed by atoms with Gasteiger partial charge in [0.25, 0.3) is 0 Å². The van der Waals surface area contributed by atoms with Gasteiger partial charge in [0.2, 0.25) is 11.6 Å². The maximum Gasteiger partial charge on any atom is 0.412 e. The maximum absolute atomic E-state index is 11.1. The van der Waals surface area contributed by atoms with Crippen molar-refractivity contribution >= 4 is 28.8 Å². The molecule has 0 fully saturated rings. The van der Waals surface area contributed by atoms with Gasteiger partial charge in [0.15, 0.2) is 11.5 Å². The number of fused-ring (bicyclic) bond motifs is 1. The van der Waals surface area contributed by atoms with Crippen molar-refractivity contribution < 1.29 is 9.53 Å². The number of aromatic amines is 1. The van der Waals surface area contributed by atoms with Gasteiger partial charge in [-0.25, -0.2) is 14.8 Å². The Morgan fingerprint density at radius 1 is 1.43 bits per heavy atom. The summed E-state index contributed by atoms with van der Waals surface area (Å²) >= 11 is 0. The Labute approximate surface area is 117 Å². The third-order valence-electron chi connectivity index (χ3n) is 2.67. The van der Waals surface area contributed by atoms with Crippen molar-refractivity contribution in [2.75, 3.05) is 18.2 Å². The van der Waals surface area contributed by atoms with Crippen LogP contribution in [0.1, 0.15) is 0 Å². The van der Waals surface area contributed by atoms with Crippen molar-refractivity contribution in [3.63, 3.8) is 0 Å². The van der Waals surface area contributed by atoms with E-state index in [2.05, 4.69) is 40.4 Å². The average molecular weight is 286 g/mol. The molecule has 3 aromatic rings. The molecule has 0 spiro atoms. The van der Waals surface area contributed by atoms with Crippen molar-refractivity contribution in [3.05, 3.63) is 18.3 Å². The number of nitrogen functional groups attached to an aromatic ring is 1. The van der Waals surface area contributed by atoms with E-state index >= 15 is 0 Å². The van der Waals surface area contributed by atoms with E-state index in [4.69, 9.17) is 5.73 Å². The van der Waals surface area contributed by atoms with Gasteiger partial charge in [-0.05, 0) is 12.1 Å². The standard InChI is InChI=1S/C11H10N8O2/c1-21-11(20)15-10-7(12)14-9(18-19-10)6-5-3-2-4-13-8(5)17-16-6/h2-4H,1H3,(H2,12,14,18)(H,13,16,17)(H,15,19,20). The van der Waals surface area contributed by atoms with Crippen LogP contribution in [0.3, 0.4) is 0 Å². The summed E-state index contributed by atoms with van der Waals surface area (Å²) < 4.78 is 4.44. The molecular formula is C11H10N8O2. The molecule has 0 aliphatic heterocycles. The summed E-state index contributed by atoms with van der Waals surface area (Å²) in [6.07, 6.45) is 0.922. The first-order chi connectivity index (χ1) is 10.2. The fourth-order valence-electron chi connectivity index (χ4n) is 1.70. The number of hydrogen-bond acceptors (Lipinski definition) is 8. The van der Waals surface area contributed by atoms with Crippen LogP contribution < -0.4 is 11.1 Å². The minimum absolute atomic E-state index is 0.0111. The lowest BCUT2D eigenvalue weighted by Crippen LogP contribution is -2.15. The molecular weight excluding hydrogens is 276 g/mol. The summed E-state index contributed by atoms with van der Waals surface area (Å²) in [4.78, 5) is 19.3. The highest BCUT2D eigenvalue weighted by Gasteiger charge is 2.15. The number of carbonyl (C=O) groups is 1. The van der Waals surface area contributed by atoms with E-state index in [0.29, 0.717) is 11.3 Å². The first kappa shape index (κ1) is 12.7. The Morgan fingerprint density at radius 3 is 3.05 bits per heavy atom. The summed E-state index contributed by atoms with van der Waals surface area (Å²) in [6, 6.07) is 3.59. The summed E-state index contributed by atoms with van der Waals surface area (Å²) in [5, 5.41) is 17.6. The molecule has 0 aromatic carbocycles. The molecule has 1 amide bonds. The molecule has 21 heavy (non-hydrogen) atoms. The van der Waals surface area contributed by atoms with Gasteiger partial charge in [-0.15, -0.1) is 10.2 Å². The van der Waals surface area contributed by atoms with Gasteiger partial charge < -0.3 is 10.5 Å². The van der Waals surface area contributed by atoms with Crippen molar-refractivity contribution in [1.29, 1.82) is 0 Å². The van der Waals surface area contributed by atoms with E-state index in [1.807, 2.05) is 6.07 Å². The predicted molar refractivity (Wildman–Crippen MR) is 73.1 cm³/mol. The van der Waals surface area contributed by atoms with E-state index in [0.717, 1.165) is 5.39 Å². The number of hydrogen-bond donors (Lipinski definition) is 3. The summed E-state index contributed by atoms with van der Waals surface area (Å²) in [5.41, 5.74) is 6.82. The number of amides is 1. The predicted octanol–water partition coefficient (Wildman–Crippen LogP) is 0.570. The molecule has 0 atom stereocenters. The molecule has 0 unspecified atom stereocenters. The Bertz CT molecular complexity index is 815. The lowest BCUT2D eigenvalue weighted by molar-refractivity contribution is 0.187. The Hall–Kier alpha value is -3.30. The number of nitrogens with one attached hydrogen (secondary N) is 2. The minimum Gasteiger partial charge on any atom is -0.453 e. The lowest BCUT2D eigenvalue weighted by atomic mass is 10.2. The number of methoxy groups -OCH3 is 1. The monoisotopic (exact) mass is 286 g/mol.